The molecule has 4 nitrogen and oxygen atoms in total. The molecule has 0 unspecified atom stereocenters. The highest BCUT2D eigenvalue weighted by Gasteiger charge is 2.11. The second-order valence-corrected chi connectivity index (χ2v) is 7.31. The number of thiophene rings is 1. The fourth-order valence-electron chi connectivity index (χ4n) is 2.93. The molecule has 27 heavy (non-hydrogen) atoms. The Kier molecular flexibility index (Phi) is 4.60. The van der Waals surface area contributed by atoms with Crippen molar-refractivity contribution >= 4 is 22.9 Å². The fraction of sp³-hybridized carbons (Fsp3) is 0.0909. The highest BCUT2D eigenvalue weighted by molar-refractivity contribution is 7.12. The summed E-state index contributed by atoms with van der Waals surface area (Å²) in [7, 11) is 0. The Labute approximate surface area is 161 Å². The lowest BCUT2D eigenvalue weighted by atomic mass is 10.0. The van der Waals surface area contributed by atoms with Gasteiger partial charge < -0.3 is 9.73 Å². The van der Waals surface area contributed by atoms with Crippen molar-refractivity contribution in [1.29, 1.82) is 0 Å². The number of oxazole rings is 1. The third-order valence-electron chi connectivity index (χ3n) is 4.30. The van der Waals surface area contributed by atoms with Gasteiger partial charge in [0.25, 0.3) is 5.91 Å². The summed E-state index contributed by atoms with van der Waals surface area (Å²) >= 11 is 1.42. The standard InChI is InChI=1S/C22H18N2O2S/c1-14-5-10-18(15(2)12-14)19-13-26-22(24-19)16-6-8-17(9-7-16)23-21(25)20-4-3-11-27-20/h3-13H,1-2H3,(H,23,25). The van der Waals surface area contributed by atoms with Gasteiger partial charge in [-0.3, -0.25) is 4.79 Å². The predicted octanol–water partition coefficient (Wildman–Crippen LogP) is 5.94. The molecule has 0 bridgehead atoms. The zero-order valence-electron chi connectivity index (χ0n) is 15.0. The number of aromatic nitrogens is 1. The molecule has 4 aromatic rings. The SMILES string of the molecule is Cc1ccc(-c2coc(-c3ccc(NC(=O)c4cccs4)cc3)n2)c(C)c1. The molecule has 0 spiro atoms. The molecule has 0 aliphatic heterocycles. The smallest absolute Gasteiger partial charge is 0.265 e. The van der Waals surface area contributed by atoms with Crippen molar-refractivity contribution in [2.24, 2.45) is 0 Å². The van der Waals surface area contributed by atoms with Crippen molar-refractivity contribution in [3.05, 3.63) is 82.2 Å². The zero-order chi connectivity index (χ0) is 18.8. The molecule has 0 saturated carbocycles. The second kappa shape index (κ2) is 7.21. The number of carbonyl (C=O) groups excluding carboxylic acids is 1. The maximum absolute atomic E-state index is 12.1. The molecule has 0 atom stereocenters. The van der Waals surface area contributed by atoms with E-state index in [1.54, 1.807) is 12.3 Å². The van der Waals surface area contributed by atoms with E-state index in [0.717, 1.165) is 22.5 Å². The van der Waals surface area contributed by atoms with Crippen LogP contribution in [0.2, 0.25) is 0 Å². The summed E-state index contributed by atoms with van der Waals surface area (Å²) in [6.07, 6.45) is 1.68. The number of nitrogens with one attached hydrogen (secondary N) is 1. The van der Waals surface area contributed by atoms with Crippen molar-refractivity contribution in [2.75, 3.05) is 5.32 Å². The maximum Gasteiger partial charge on any atom is 0.265 e. The Morgan fingerprint density at radius 2 is 1.89 bits per heavy atom. The van der Waals surface area contributed by atoms with Crippen LogP contribution in [-0.2, 0) is 0 Å². The quantitative estimate of drug-likeness (QED) is 0.481. The molecule has 0 saturated heterocycles. The molecule has 2 aromatic heterocycles. The molecule has 2 heterocycles. The van der Waals surface area contributed by atoms with Crippen LogP contribution in [-0.4, -0.2) is 10.9 Å². The van der Waals surface area contributed by atoms with Crippen LogP contribution in [0.3, 0.4) is 0 Å². The number of hydrogen-bond donors (Lipinski definition) is 1. The zero-order valence-corrected chi connectivity index (χ0v) is 15.8. The van der Waals surface area contributed by atoms with E-state index < -0.39 is 0 Å². The predicted molar refractivity (Wildman–Crippen MR) is 109 cm³/mol. The number of aryl methyl sites for hydroxylation is 2. The minimum absolute atomic E-state index is 0.106. The first kappa shape index (κ1) is 17.2. The van der Waals surface area contributed by atoms with Crippen LogP contribution < -0.4 is 5.32 Å². The summed E-state index contributed by atoms with van der Waals surface area (Å²) < 4.78 is 5.67. The third-order valence-corrected chi connectivity index (χ3v) is 5.17. The molecule has 1 N–H and O–H groups in total. The van der Waals surface area contributed by atoms with Crippen LogP contribution in [0.5, 0.6) is 0 Å². The lowest BCUT2D eigenvalue weighted by Gasteiger charge is -2.04. The van der Waals surface area contributed by atoms with E-state index in [0.29, 0.717) is 10.8 Å². The average molecular weight is 374 g/mol. The molecule has 134 valence electrons. The van der Waals surface area contributed by atoms with Crippen LogP contribution >= 0.6 is 11.3 Å². The summed E-state index contributed by atoms with van der Waals surface area (Å²) in [5, 5.41) is 4.77. The number of amides is 1. The van der Waals surface area contributed by atoms with Gasteiger partial charge in [-0.05, 0) is 55.1 Å². The number of rotatable bonds is 4. The second-order valence-electron chi connectivity index (χ2n) is 6.37. The molecule has 0 aliphatic rings. The van der Waals surface area contributed by atoms with Gasteiger partial charge in [0, 0.05) is 16.8 Å². The summed E-state index contributed by atoms with van der Waals surface area (Å²) in [6.45, 7) is 4.14. The van der Waals surface area contributed by atoms with E-state index in [1.165, 1.54) is 22.5 Å². The van der Waals surface area contributed by atoms with Crippen LogP contribution in [0.4, 0.5) is 5.69 Å². The summed E-state index contributed by atoms with van der Waals surface area (Å²) in [4.78, 5) is 17.4. The van der Waals surface area contributed by atoms with Gasteiger partial charge in [-0.25, -0.2) is 4.98 Å². The van der Waals surface area contributed by atoms with Crippen LogP contribution in [0.15, 0.2) is 70.7 Å². The topological polar surface area (TPSA) is 55.1 Å². The molecular formula is C22H18N2O2S. The van der Waals surface area contributed by atoms with Crippen molar-refractivity contribution in [2.45, 2.75) is 13.8 Å². The van der Waals surface area contributed by atoms with Gasteiger partial charge in [-0.1, -0.05) is 29.8 Å². The molecule has 0 aliphatic carbocycles. The first-order chi connectivity index (χ1) is 13.1. The van der Waals surface area contributed by atoms with Crippen molar-refractivity contribution < 1.29 is 9.21 Å². The summed E-state index contributed by atoms with van der Waals surface area (Å²) in [5.41, 5.74) is 5.87. The lowest BCUT2D eigenvalue weighted by Crippen LogP contribution is -2.09. The van der Waals surface area contributed by atoms with Gasteiger partial charge in [0.1, 0.15) is 12.0 Å². The minimum atomic E-state index is -0.106. The van der Waals surface area contributed by atoms with E-state index >= 15 is 0 Å². The monoisotopic (exact) mass is 374 g/mol. The van der Waals surface area contributed by atoms with E-state index in [9.17, 15) is 4.79 Å². The minimum Gasteiger partial charge on any atom is -0.444 e. The largest absolute Gasteiger partial charge is 0.444 e. The molecule has 1 amide bonds. The first-order valence-electron chi connectivity index (χ1n) is 8.58. The van der Waals surface area contributed by atoms with Crippen molar-refractivity contribution in [1.82, 2.24) is 4.98 Å². The number of nitrogens with zero attached hydrogens (tertiary/aromatic N) is 1. The van der Waals surface area contributed by atoms with E-state index in [2.05, 4.69) is 42.3 Å². The molecule has 4 rings (SSSR count). The highest BCUT2D eigenvalue weighted by Crippen LogP contribution is 2.28. The number of carbonyl (C=O) groups is 1. The number of anilines is 1. The van der Waals surface area contributed by atoms with E-state index in [-0.39, 0.29) is 5.91 Å². The molecule has 2 aromatic carbocycles. The number of hydrogen-bond acceptors (Lipinski definition) is 4. The van der Waals surface area contributed by atoms with Gasteiger partial charge in [0.2, 0.25) is 5.89 Å². The van der Waals surface area contributed by atoms with Gasteiger partial charge in [-0.2, -0.15) is 0 Å². The Balaban J connectivity index is 1.53. The molecular weight excluding hydrogens is 356 g/mol. The molecule has 0 radical (unpaired) electrons. The Morgan fingerprint density at radius 1 is 1.07 bits per heavy atom. The Hall–Kier alpha value is -3.18. The Bertz CT molecular complexity index is 1080. The van der Waals surface area contributed by atoms with Gasteiger partial charge in [0.05, 0.1) is 4.88 Å². The Morgan fingerprint density at radius 3 is 2.59 bits per heavy atom. The summed E-state index contributed by atoms with van der Waals surface area (Å²) in [5.74, 6) is 0.451. The molecule has 5 heteroatoms. The van der Waals surface area contributed by atoms with E-state index in [1.807, 2.05) is 35.7 Å². The first-order valence-corrected chi connectivity index (χ1v) is 9.46. The average Bonchev–Trinajstić information content (AvgIpc) is 3.35. The summed E-state index contributed by atoms with van der Waals surface area (Å²) in [6, 6.07) is 17.4. The van der Waals surface area contributed by atoms with Gasteiger partial charge in [-0.15, -0.1) is 11.3 Å². The maximum atomic E-state index is 12.1. The van der Waals surface area contributed by atoms with Crippen LogP contribution in [0.1, 0.15) is 20.8 Å². The highest BCUT2D eigenvalue weighted by atomic mass is 32.1. The van der Waals surface area contributed by atoms with Gasteiger partial charge in [0.15, 0.2) is 0 Å². The normalized spacial score (nSPS) is 10.7. The van der Waals surface area contributed by atoms with E-state index in [4.69, 9.17) is 4.42 Å². The van der Waals surface area contributed by atoms with Crippen LogP contribution in [0.25, 0.3) is 22.7 Å². The number of benzene rings is 2. The third kappa shape index (κ3) is 3.68. The van der Waals surface area contributed by atoms with Gasteiger partial charge >= 0.3 is 0 Å². The lowest BCUT2D eigenvalue weighted by molar-refractivity contribution is 0.103. The fourth-order valence-corrected chi connectivity index (χ4v) is 3.55. The van der Waals surface area contributed by atoms with Crippen molar-refractivity contribution in [3.63, 3.8) is 0 Å². The van der Waals surface area contributed by atoms with Crippen molar-refractivity contribution in [3.8, 4) is 22.7 Å². The molecule has 0 fully saturated rings. The van der Waals surface area contributed by atoms with Crippen LogP contribution in [0, 0.1) is 13.8 Å².